The van der Waals surface area contributed by atoms with Crippen LogP contribution in [-0.4, -0.2) is 34.8 Å². The maximum absolute atomic E-state index is 12.9. The number of imide groups is 1. The van der Waals surface area contributed by atoms with E-state index in [-0.39, 0.29) is 18.4 Å². The van der Waals surface area contributed by atoms with E-state index >= 15 is 0 Å². The molecule has 0 atom stereocenters. The van der Waals surface area contributed by atoms with Crippen molar-refractivity contribution in [2.45, 2.75) is 58.4 Å². The van der Waals surface area contributed by atoms with Crippen LogP contribution >= 0.6 is 0 Å². The van der Waals surface area contributed by atoms with Crippen molar-refractivity contribution in [3.63, 3.8) is 0 Å². The lowest BCUT2D eigenvalue weighted by atomic mass is 9.75. The quantitative estimate of drug-likeness (QED) is 0.813. The molecule has 1 heterocycles. The van der Waals surface area contributed by atoms with Crippen LogP contribution in [0.2, 0.25) is 0 Å². The van der Waals surface area contributed by atoms with Crippen LogP contribution in [0.15, 0.2) is 18.2 Å². The van der Waals surface area contributed by atoms with Crippen LogP contribution in [0.4, 0.5) is 10.5 Å². The Kier molecular flexibility index (Phi) is 5.03. The van der Waals surface area contributed by atoms with Gasteiger partial charge < -0.3 is 10.6 Å². The zero-order valence-corrected chi connectivity index (χ0v) is 15.7. The van der Waals surface area contributed by atoms with Crippen LogP contribution in [0.3, 0.4) is 0 Å². The van der Waals surface area contributed by atoms with E-state index in [1.165, 1.54) is 0 Å². The van der Waals surface area contributed by atoms with Gasteiger partial charge in [-0.25, -0.2) is 4.79 Å². The molecule has 0 radical (unpaired) electrons. The van der Waals surface area contributed by atoms with Crippen molar-refractivity contribution in [3.8, 4) is 0 Å². The van der Waals surface area contributed by atoms with Gasteiger partial charge in [-0.1, -0.05) is 25.5 Å². The molecule has 1 saturated carbocycles. The van der Waals surface area contributed by atoms with Crippen molar-refractivity contribution in [1.29, 1.82) is 0 Å². The summed E-state index contributed by atoms with van der Waals surface area (Å²) in [5, 5.41) is 5.67. The van der Waals surface area contributed by atoms with Gasteiger partial charge in [-0.05, 0) is 62.6 Å². The fourth-order valence-electron chi connectivity index (χ4n) is 3.94. The summed E-state index contributed by atoms with van der Waals surface area (Å²) >= 11 is 0. The molecule has 1 spiro atoms. The van der Waals surface area contributed by atoms with Crippen molar-refractivity contribution < 1.29 is 14.4 Å². The maximum atomic E-state index is 12.9. The van der Waals surface area contributed by atoms with E-state index in [9.17, 15) is 14.4 Å². The van der Waals surface area contributed by atoms with Gasteiger partial charge in [0.15, 0.2) is 0 Å². The van der Waals surface area contributed by atoms with E-state index in [1.807, 2.05) is 32.0 Å². The molecule has 1 aromatic rings. The van der Waals surface area contributed by atoms with Crippen molar-refractivity contribution in [2.24, 2.45) is 5.92 Å². The highest BCUT2D eigenvalue weighted by molar-refractivity contribution is 6.10. The molecule has 2 fully saturated rings. The number of hydrogen-bond donors (Lipinski definition) is 2. The highest BCUT2D eigenvalue weighted by atomic mass is 16.2. The molecule has 1 aromatic carbocycles. The molecular weight excluding hydrogens is 330 g/mol. The normalized spacial score (nSPS) is 25.5. The predicted octanol–water partition coefficient (Wildman–Crippen LogP) is 3.13. The third-order valence-electron chi connectivity index (χ3n) is 5.75. The molecule has 1 saturated heterocycles. The number of aryl methyl sites for hydroxylation is 2. The van der Waals surface area contributed by atoms with Crippen LogP contribution < -0.4 is 10.6 Å². The van der Waals surface area contributed by atoms with Gasteiger partial charge >= 0.3 is 6.03 Å². The molecule has 6 heteroatoms. The topological polar surface area (TPSA) is 78.5 Å². The number of anilines is 1. The number of nitrogens with one attached hydrogen (secondary N) is 2. The van der Waals surface area contributed by atoms with Gasteiger partial charge in [0, 0.05) is 5.69 Å². The molecule has 1 aliphatic heterocycles. The minimum Gasteiger partial charge on any atom is -0.324 e. The van der Waals surface area contributed by atoms with Crippen molar-refractivity contribution in [3.05, 3.63) is 29.3 Å². The summed E-state index contributed by atoms with van der Waals surface area (Å²) in [5.41, 5.74) is 1.88. The number of rotatable bonds is 4. The summed E-state index contributed by atoms with van der Waals surface area (Å²) in [4.78, 5) is 38.7. The molecule has 0 unspecified atom stereocenters. The molecule has 0 aromatic heterocycles. The van der Waals surface area contributed by atoms with Crippen LogP contribution in [0.25, 0.3) is 0 Å². The first-order valence-electron chi connectivity index (χ1n) is 9.36. The van der Waals surface area contributed by atoms with Gasteiger partial charge in [0.05, 0.1) is 0 Å². The highest BCUT2D eigenvalue weighted by Gasteiger charge is 2.52. The van der Waals surface area contributed by atoms with Gasteiger partial charge in [0.2, 0.25) is 5.91 Å². The molecule has 1 aliphatic carbocycles. The Morgan fingerprint density at radius 1 is 1.27 bits per heavy atom. The third-order valence-corrected chi connectivity index (χ3v) is 5.75. The number of carbonyl (C=O) groups excluding carboxylic acids is 3. The number of urea groups is 1. The standard InChI is InChI=1S/C20H27N3O3/c1-4-15-7-9-20(10-8-15)18(25)23(19(26)22-20)12-17(24)21-16-11-13(2)5-6-14(16)3/h5-6,11,15H,4,7-10,12H2,1-3H3,(H,21,24)(H,22,26). The van der Waals surface area contributed by atoms with Gasteiger partial charge in [-0.3, -0.25) is 14.5 Å². The molecular formula is C20H27N3O3. The summed E-state index contributed by atoms with van der Waals surface area (Å²) in [6.45, 7) is 5.76. The first-order chi connectivity index (χ1) is 12.3. The van der Waals surface area contributed by atoms with Crippen LogP contribution in [0.1, 0.15) is 50.2 Å². The smallest absolute Gasteiger partial charge is 0.324 e. The second-order valence-electron chi connectivity index (χ2n) is 7.62. The Bertz CT molecular complexity index is 736. The van der Waals surface area contributed by atoms with Crippen molar-refractivity contribution in [1.82, 2.24) is 10.2 Å². The lowest BCUT2D eigenvalue weighted by Gasteiger charge is -2.34. The zero-order valence-electron chi connectivity index (χ0n) is 15.7. The fourth-order valence-corrected chi connectivity index (χ4v) is 3.94. The van der Waals surface area contributed by atoms with Gasteiger partial charge in [0.25, 0.3) is 5.91 Å². The molecule has 3 rings (SSSR count). The Morgan fingerprint density at radius 3 is 2.62 bits per heavy atom. The van der Waals surface area contributed by atoms with E-state index in [1.54, 1.807) is 0 Å². The van der Waals surface area contributed by atoms with E-state index in [2.05, 4.69) is 17.6 Å². The number of nitrogens with zero attached hydrogens (tertiary/aromatic N) is 1. The largest absolute Gasteiger partial charge is 0.325 e. The Balaban J connectivity index is 1.66. The Morgan fingerprint density at radius 2 is 1.96 bits per heavy atom. The van der Waals surface area contributed by atoms with E-state index < -0.39 is 11.6 Å². The highest BCUT2D eigenvalue weighted by Crippen LogP contribution is 2.37. The summed E-state index contributed by atoms with van der Waals surface area (Å²) in [7, 11) is 0. The van der Waals surface area contributed by atoms with E-state index in [0.717, 1.165) is 35.3 Å². The van der Waals surface area contributed by atoms with E-state index in [0.29, 0.717) is 24.4 Å². The SMILES string of the molecule is CCC1CCC2(CC1)NC(=O)N(CC(=O)Nc1cc(C)ccc1C)C2=O. The Labute approximate surface area is 154 Å². The van der Waals surface area contributed by atoms with Gasteiger partial charge in [0.1, 0.15) is 12.1 Å². The monoisotopic (exact) mass is 357 g/mol. The maximum Gasteiger partial charge on any atom is 0.325 e. The number of benzene rings is 1. The third kappa shape index (κ3) is 3.45. The average molecular weight is 357 g/mol. The van der Waals surface area contributed by atoms with Crippen LogP contribution in [0.5, 0.6) is 0 Å². The zero-order chi connectivity index (χ0) is 18.9. The second-order valence-corrected chi connectivity index (χ2v) is 7.62. The summed E-state index contributed by atoms with van der Waals surface area (Å²) < 4.78 is 0. The predicted molar refractivity (Wildman–Crippen MR) is 99.8 cm³/mol. The summed E-state index contributed by atoms with van der Waals surface area (Å²) in [6.07, 6.45) is 4.28. The molecule has 4 amide bonds. The van der Waals surface area contributed by atoms with Crippen LogP contribution in [-0.2, 0) is 9.59 Å². The number of hydrogen-bond acceptors (Lipinski definition) is 3. The molecule has 2 aliphatic rings. The second kappa shape index (κ2) is 7.09. The molecule has 2 N–H and O–H groups in total. The lowest BCUT2D eigenvalue weighted by molar-refractivity contribution is -0.135. The molecule has 6 nitrogen and oxygen atoms in total. The fraction of sp³-hybridized carbons (Fsp3) is 0.550. The molecule has 0 bridgehead atoms. The minimum absolute atomic E-state index is 0.253. The van der Waals surface area contributed by atoms with Crippen molar-refractivity contribution in [2.75, 3.05) is 11.9 Å². The summed E-state index contributed by atoms with van der Waals surface area (Å²) in [6, 6.07) is 5.33. The number of amides is 4. The first kappa shape index (κ1) is 18.4. The van der Waals surface area contributed by atoms with E-state index in [4.69, 9.17) is 0 Å². The minimum atomic E-state index is -0.803. The Hall–Kier alpha value is -2.37. The molecule has 140 valence electrons. The molecule has 26 heavy (non-hydrogen) atoms. The lowest BCUT2D eigenvalue weighted by Crippen LogP contribution is -2.49. The van der Waals surface area contributed by atoms with Crippen LogP contribution in [0, 0.1) is 19.8 Å². The average Bonchev–Trinajstić information content (AvgIpc) is 2.83. The number of carbonyl (C=O) groups is 3. The van der Waals surface area contributed by atoms with Gasteiger partial charge in [-0.2, -0.15) is 0 Å². The van der Waals surface area contributed by atoms with Crippen molar-refractivity contribution >= 4 is 23.5 Å². The van der Waals surface area contributed by atoms with Gasteiger partial charge in [-0.15, -0.1) is 0 Å². The summed E-state index contributed by atoms with van der Waals surface area (Å²) in [5.74, 6) is 0.00151. The first-order valence-corrected chi connectivity index (χ1v) is 9.36.